The van der Waals surface area contributed by atoms with Crippen molar-refractivity contribution in [1.82, 2.24) is 9.80 Å². The number of rotatable bonds is 7. The summed E-state index contributed by atoms with van der Waals surface area (Å²) in [6, 6.07) is 17.1. The predicted molar refractivity (Wildman–Crippen MR) is 110 cm³/mol. The number of hydrogen-bond donors (Lipinski definition) is 1. The van der Waals surface area contributed by atoms with Gasteiger partial charge < -0.3 is 14.7 Å². The molecule has 1 heterocycles. The van der Waals surface area contributed by atoms with Crippen molar-refractivity contribution in [3.05, 3.63) is 70.8 Å². The minimum Gasteiger partial charge on any atom is -0.465 e. The number of piperazine rings is 1. The van der Waals surface area contributed by atoms with Gasteiger partial charge in [0.15, 0.2) is 0 Å². The molecule has 5 heteroatoms. The Bertz CT molecular complexity index is 748. The third kappa shape index (κ3) is 5.81. The normalized spacial score (nSPS) is 15.2. The van der Waals surface area contributed by atoms with Gasteiger partial charge in [0.25, 0.3) is 0 Å². The van der Waals surface area contributed by atoms with Gasteiger partial charge in [-0.1, -0.05) is 62.4 Å². The van der Waals surface area contributed by atoms with Crippen LogP contribution < -0.4 is 0 Å². The first-order valence-corrected chi connectivity index (χ1v) is 9.96. The Labute approximate surface area is 167 Å². The zero-order valence-electron chi connectivity index (χ0n) is 16.8. The summed E-state index contributed by atoms with van der Waals surface area (Å²) in [6.07, 6.45) is -0.820. The van der Waals surface area contributed by atoms with Crippen LogP contribution in [0.3, 0.4) is 0 Å². The second kappa shape index (κ2) is 9.71. The zero-order chi connectivity index (χ0) is 19.9. The van der Waals surface area contributed by atoms with Gasteiger partial charge in [0, 0.05) is 32.7 Å². The Balaban J connectivity index is 1.41. The van der Waals surface area contributed by atoms with Gasteiger partial charge in [-0.25, -0.2) is 4.79 Å². The van der Waals surface area contributed by atoms with Crippen LogP contribution in [-0.4, -0.2) is 47.2 Å². The third-order valence-corrected chi connectivity index (χ3v) is 5.26. The van der Waals surface area contributed by atoms with Crippen LogP contribution in [0.2, 0.25) is 0 Å². The van der Waals surface area contributed by atoms with Crippen molar-refractivity contribution in [3.8, 4) is 0 Å². The van der Waals surface area contributed by atoms with Gasteiger partial charge in [-0.05, 0) is 28.2 Å². The van der Waals surface area contributed by atoms with Gasteiger partial charge in [0.05, 0.1) is 13.2 Å². The first-order chi connectivity index (χ1) is 13.5. The average Bonchev–Trinajstić information content (AvgIpc) is 2.70. The Morgan fingerprint density at radius 3 is 1.89 bits per heavy atom. The molecule has 0 atom stereocenters. The van der Waals surface area contributed by atoms with Gasteiger partial charge in [-0.15, -0.1) is 0 Å². The van der Waals surface area contributed by atoms with Gasteiger partial charge in [-0.3, -0.25) is 4.90 Å². The molecule has 1 amide bonds. The smallest absolute Gasteiger partial charge is 0.407 e. The van der Waals surface area contributed by atoms with Gasteiger partial charge >= 0.3 is 6.09 Å². The van der Waals surface area contributed by atoms with E-state index in [1.54, 1.807) is 0 Å². The lowest BCUT2D eigenvalue weighted by molar-refractivity contribution is 0.103. The fourth-order valence-electron chi connectivity index (χ4n) is 3.38. The van der Waals surface area contributed by atoms with E-state index in [1.165, 1.54) is 27.2 Å². The van der Waals surface area contributed by atoms with Gasteiger partial charge in [-0.2, -0.15) is 0 Å². The van der Waals surface area contributed by atoms with Gasteiger partial charge in [0.1, 0.15) is 0 Å². The molecule has 0 unspecified atom stereocenters. The summed E-state index contributed by atoms with van der Waals surface area (Å²) in [5, 5.41) is 9.02. The molecule has 150 valence electrons. The molecule has 0 spiro atoms. The van der Waals surface area contributed by atoms with Crippen LogP contribution in [0.4, 0.5) is 4.79 Å². The van der Waals surface area contributed by atoms with E-state index in [0.717, 1.165) is 19.6 Å². The highest BCUT2D eigenvalue weighted by Gasteiger charge is 2.20. The Kier molecular flexibility index (Phi) is 7.06. The molecule has 2 aromatic rings. The lowest BCUT2D eigenvalue weighted by Crippen LogP contribution is -2.47. The average molecular weight is 383 g/mol. The molecule has 1 aliphatic heterocycles. The Morgan fingerprint density at radius 1 is 0.893 bits per heavy atom. The number of benzene rings is 2. The fourth-order valence-corrected chi connectivity index (χ4v) is 3.38. The molecule has 28 heavy (non-hydrogen) atoms. The second-order valence-electron chi connectivity index (χ2n) is 7.75. The van der Waals surface area contributed by atoms with Crippen LogP contribution in [-0.2, 0) is 24.5 Å². The molecule has 3 rings (SSSR count). The number of nitrogens with zero attached hydrogens (tertiary/aromatic N) is 2. The number of hydrogen-bond acceptors (Lipinski definition) is 3. The van der Waals surface area contributed by atoms with E-state index in [-0.39, 0.29) is 0 Å². The molecular formula is C23H30N2O3. The Hall–Kier alpha value is -2.37. The first kappa shape index (κ1) is 20.4. The van der Waals surface area contributed by atoms with Crippen LogP contribution >= 0.6 is 0 Å². The summed E-state index contributed by atoms with van der Waals surface area (Å²) in [6.45, 7) is 9.21. The van der Waals surface area contributed by atoms with E-state index in [1.807, 2.05) is 0 Å². The quantitative estimate of drug-likeness (QED) is 0.775. The van der Waals surface area contributed by atoms with Crippen molar-refractivity contribution < 1.29 is 14.6 Å². The maximum Gasteiger partial charge on any atom is 0.407 e. The molecule has 2 aromatic carbocycles. The van der Waals surface area contributed by atoms with E-state index >= 15 is 0 Å². The topological polar surface area (TPSA) is 53.0 Å². The van der Waals surface area contributed by atoms with E-state index in [4.69, 9.17) is 9.84 Å². The van der Waals surface area contributed by atoms with E-state index in [0.29, 0.717) is 32.2 Å². The minimum atomic E-state index is -0.820. The lowest BCUT2D eigenvalue weighted by atomic mass is 10.0. The number of carbonyl (C=O) groups is 1. The van der Waals surface area contributed by atoms with Crippen LogP contribution in [0.5, 0.6) is 0 Å². The van der Waals surface area contributed by atoms with E-state index in [2.05, 4.69) is 67.3 Å². The standard InChI is InChI=1S/C23H30N2O3/c1-18(2)22-9-7-21(8-10-22)17-28-16-20-5-3-19(4-6-20)15-24-11-13-25(14-12-24)23(26)27/h3-10,18H,11-17H2,1-2H3,(H,26,27). The van der Waals surface area contributed by atoms with Crippen LogP contribution in [0.25, 0.3) is 0 Å². The molecule has 0 aromatic heterocycles. The summed E-state index contributed by atoms with van der Waals surface area (Å²) in [4.78, 5) is 14.7. The molecule has 1 aliphatic rings. The molecule has 1 fully saturated rings. The monoisotopic (exact) mass is 382 g/mol. The molecule has 0 saturated carbocycles. The van der Waals surface area contributed by atoms with Crippen LogP contribution in [0.15, 0.2) is 48.5 Å². The largest absolute Gasteiger partial charge is 0.465 e. The summed E-state index contributed by atoms with van der Waals surface area (Å²) in [5.74, 6) is 0.550. The van der Waals surface area contributed by atoms with Crippen molar-refractivity contribution >= 4 is 6.09 Å². The van der Waals surface area contributed by atoms with E-state index in [9.17, 15) is 4.79 Å². The van der Waals surface area contributed by atoms with Crippen LogP contribution in [0, 0.1) is 0 Å². The zero-order valence-corrected chi connectivity index (χ0v) is 16.8. The SMILES string of the molecule is CC(C)c1ccc(COCc2ccc(CN3CCN(C(=O)O)CC3)cc2)cc1. The summed E-state index contributed by atoms with van der Waals surface area (Å²) < 4.78 is 5.86. The molecule has 1 N–H and O–H groups in total. The number of ether oxygens (including phenoxy) is 1. The first-order valence-electron chi connectivity index (χ1n) is 9.96. The number of amides is 1. The Morgan fingerprint density at radius 2 is 1.39 bits per heavy atom. The van der Waals surface area contributed by atoms with Gasteiger partial charge in [0.2, 0.25) is 0 Å². The highest BCUT2D eigenvalue weighted by molar-refractivity contribution is 5.65. The maximum absolute atomic E-state index is 11.0. The highest BCUT2D eigenvalue weighted by Crippen LogP contribution is 2.16. The van der Waals surface area contributed by atoms with Crippen LogP contribution in [0.1, 0.15) is 42.0 Å². The molecule has 5 nitrogen and oxygen atoms in total. The fraction of sp³-hybridized carbons (Fsp3) is 0.435. The van der Waals surface area contributed by atoms with Crippen molar-refractivity contribution in [2.75, 3.05) is 26.2 Å². The maximum atomic E-state index is 11.0. The van der Waals surface area contributed by atoms with Crippen molar-refractivity contribution in [1.29, 1.82) is 0 Å². The third-order valence-electron chi connectivity index (χ3n) is 5.26. The molecule has 1 saturated heterocycles. The molecule has 0 aliphatic carbocycles. The molecule has 0 bridgehead atoms. The highest BCUT2D eigenvalue weighted by atomic mass is 16.5. The number of carboxylic acid groups (broad SMARTS) is 1. The van der Waals surface area contributed by atoms with Crippen molar-refractivity contribution in [2.24, 2.45) is 0 Å². The van der Waals surface area contributed by atoms with E-state index < -0.39 is 6.09 Å². The summed E-state index contributed by atoms with van der Waals surface area (Å²) in [7, 11) is 0. The lowest BCUT2D eigenvalue weighted by Gasteiger charge is -2.33. The molecular weight excluding hydrogens is 352 g/mol. The predicted octanol–water partition coefficient (Wildman–Crippen LogP) is 4.32. The summed E-state index contributed by atoms with van der Waals surface area (Å²) >= 11 is 0. The second-order valence-corrected chi connectivity index (χ2v) is 7.75. The molecule has 0 radical (unpaired) electrons. The van der Waals surface area contributed by atoms with Crippen molar-refractivity contribution in [2.45, 2.75) is 39.5 Å². The summed E-state index contributed by atoms with van der Waals surface area (Å²) in [5.41, 5.74) is 4.96. The minimum absolute atomic E-state index is 0.550. The van der Waals surface area contributed by atoms with Crippen molar-refractivity contribution in [3.63, 3.8) is 0 Å².